The number of allylic oxidation sites excluding steroid dienone is 1. The average Bonchev–Trinajstić information content (AvgIpc) is 2.49. The summed E-state index contributed by atoms with van der Waals surface area (Å²) in [6.07, 6.45) is 7.25. The smallest absolute Gasteiger partial charge is 0.0873 e. The summed E-state index contributed by atoms with van der Waals surface area (Å²) < 4.78 is 5.67. The van der Waals surface area contributed by atoms with Crippen LogP contribution in [0.5, 0.6) is 0 Å². The third kappa shape index (κ3) is 5.32. The van der Waals surface area contributed by atoms with Crippen molar-refractivity contribution in [2.45, 2.75) is 32.6 Å². The molecule has 1 nitrogen and oxygen atoms in total. The Hall–Kier alpha value is -0.890. The van der Waals surface area contributed by atoms with Crippen LogP contribution in [0.25, 0.3) is 5.57 Å². The first kappa shape index (κ1) is 14.5. The molecular weight excluding hydrogens is 252 g/mol. The summed E-state index contributed by atoms with van der Waals surface area (Å²) >= 11 is 2.12. The maximum absolute atomic E-state index is 5.67. The molecule has 1 aliphatic heterocycles. The van der Waals surface area contributed by atoms with Gasteiger partial charge < -0.3 is 4.74 Å². The lowest BCUT2D eigenvalue weighted by Crippen LogP contribution is -2.10. The van der Waals surface area contributed by atoms with Crippen molar-refractivity contribution in [3.05, 3.63) is 42.2 Å². The lowest BCUT2D eigenvalue weighted by Gasteiger charge is -2.20. The standard InChI is InChI=1S/C17H24OS/c1-15(17-9-3-2-4-10-17)13-18-11-5-7-16-8-6-12-19-14-16/h2-4,9-10,13,16H,5-8,11-12,14H2,1H3/b15-13-. The third-order valence-electron chi connectivity index (χ3n) is 3.62. The van der Waals surface area contributed by atoms with Crippen molar-refractivity contribution in [2.75, 3.05) is 18.1 Å². The first-order valence-electron chi connectivity index (χ1n) is 7.28. The molecule has 0 aromatic heterocycles. The van der Waals surface area contributed by atoms with E-state index < -0.39 is 0 Å². The van der Waals surface area contributed by atoms with Crippen molar-refractivity contribution >= 4 is 17.3 Å². The van der Waals surface area contributed by atoms with Crippen molar-refractivity contribution < 1.29 is 4.74 Å². The molecule has 0 bridgehead atoms. The highest BCUT2D eigenvalue weighted by Gasteiger charge is 2.12. The molecule has 2 heteroatoms. The van der Waals surface area contributed by atoms with E-state index in [2.05, 4.69) is 43.0 Å². The van der Waals surface area contributed by atoms with Crippen molar-refractivity contribution in [1.82, 2.24) is 0 Å². The van der Waals surface area contributed by atoms with Crippen LogP contribution in [0.15, 0.2) is 36.6 Å². The van der Waals surface area contributed by atoms with Gasteiger partial charge in [0.25, 0.3) is 0 Å². The van der Waals surface area contributed by atoms with Crippen LogP contribution < -0.4 is 0 Å². The maximum Gasteiger partial charge on any atom is 0.0873 e. The topological polar surface area (TPSA) is 9.23 Å². The first-order valence-corrected chi connectivity index (χ1v) is 8.43. The quantitative estimate of drug-likeness (QED) is 0.535. The number of benzene rings is 1. The van der Waals surface area contributed by atoms with Crippen molar-refractivity contribution in [3.63, 3.8) is 0 Å². The normalized spacial score (nSPS) is 20.3. The van der Waals surface area contributed by atoms with E-state index in [9.17, 15) is 0 Å². The highest BCUT2D eigenvalue weighted by molar-refractivity contribution is 7.99. The van der Waals surface area contributed by atoms with E-state index in [0.717, 1.165) is 12.5 Å². The van der Waals surface area contributed by atoms with Gasteiger partial charge in [0.15, 0.2) is 0 Å². The van der Waals surface area contributed by atoms with Gasteiger partial charge in [-0.25, -0.2) is 0 Å². The Balaban J connectivity index is 1.63. The second-order valence-corrected chi connectivity index (χ2v) is 6.41. The minimum Gasteiger partial charge on any atom is -0.501 e. The first-order chi connectivity index (χ1) is 9.36. The molecule has 1 fully saturated rings. The monoisotopic (exact) mass is 276 g/mol. The van der Waals surface area contributed by atoms with E-state index in [1.807, 2.05) is 12.3 Å². The Morgan fingerprint density at radius 2 is 2.21 bits per heavy atom. The largest absolute Gasteiger partial charge is 0.501 e. The molecule has 0 radical (unpaired) electrons. The summed E-state index contributed by atoms with van der Waals surface area (Å²) in [5.41, 5.74) is 2.44. The summed E-state index contributed by atoms with van der Waals surface area (Å²) in [7, 11) is 0. The van der Waals surface area contributed by atoms with Crippen LogP contribution in [0.4, 0.5) is 0 Å². The average molecular weight is 276 g/mol. The Labute approximate surface area is 121 Å². The second kappa shape index (κ2) is 8.31. The fraction of sp³-hybridized carbons (Fsp3) is 0.529. The molecule has 0 saturated carbocycles. The van der Waals surface area contributed by atoms with E-state index >= 15 is 0 Å². The van der Waals surface area contributed by atoms with Crippen LogP contribution in [0, 0.1) is 5.92 Å². The predicted molar refractivity (Wildman–Crippen MR) is 85.3 cm³/mol. The fourth-order valence-corrected chi connectivity index (χ4v) is 3.65. The number of hydrogen-bond donors (Lipinski definition) is 0. The summed E-state index contributed by atoms with van der Waals surface area (Å²) in [6, 6.07) is 10.4. The zero-order valence-corrected chi connectivity index (χ0v) is 12.6. The number of ether oxygens (including phenoxy) is 1. The van der Waals surface area contributed by atoms with Crippen LogP contribution in [-0.2, 0) is 4.74 Å². The van der Waals surface area contributed by atoms with Crippen LogP contribution in [0.1, 0.15) is 38.2 Å². The molecular formula is C17H24OS. The van der Waals surface area contributed by atoms with Crippen molar-refractivity contribution in [3.8, 4) is 0 Å². The molecule has 19 heavy (non-hydrogen) atoms. The molecule has 0 N–H and O–H groups in total. The minimum atomic E-state index is 0.853. The molecule has 0 aliphatic carbocycles. The van der Waals surface area contributed by atoms with Crippen LogP contribution in [0.2, 0.25) is 0 Å². The van der Waals surface area contributed by atoms with Gasteiger partial charge in [0.2, 0.25) is 0 Å². The van der Waals surface area contributed by atoms with Gasteiger partial charge in [-0.15, -0.1) is 0 Å². The summed E-state index contributed by atoms with van der Waals surface area (Å²) in [5, 5.41) is 0. The Morgan fingerprint density at radius 3 is 2.95 bits per heavy atom. The molecule has 2 rings (SSSR count). The fourth-order valence-electron chi connectivity index (χ4n) is 2.44. The molecule has 1 unspecified atom stereocenters. The summed E-state index contributed by atoms with van der Waals surface area (Å²) in [6.45, 7) is 2.96. The highest BCUT2D eigenvalue weighted by atomic mass is 32.2. The Bertz CT molecular complexity index is 380. The van der Waals surface area contributed by atoms with Crippen molar-refractivity contribution in [2.24, 2.45) is 5.92 Å². The number of rotatable bonds is 6. The van der Waals surface area contributed by atoms with Crippen LogP contribution in [0.3, 0.4) is 0 Å². The van der Waals surface area contributed by atoms with E-state index in [1.165, 1.54) is 48.3 Å². The van der Waals surface area contributed by atoms with E-state index in [-0.39, 0.29) is 0 Å². The molecule has 1 atom stereocenters. The lowest BCUT2D eigenvalue weighted by atomic mass is 10.00. The highest BCUT2D eigenvalue weighted by Crippen LogP contribution is 2.26. The molecule has 1 aliphatic rings. The molecule has 0 amide bonds. The van der Waals surface area contributed by atoms with Gasteiger partial charge >= 0.3 is 0 Å². The van der Waals surface area contributed by atoms with E-state index in [1.54, 1.807) is 0 Å². The lowest BCUT2D eigenvalue weighted by molar-refractivity contribution is 0.234. The molecule has 1 aromatic rings. The van der Waals surface area contributed by atoms with Crippen LogP contribution >= 0.6 is 11.8 Å². The molecule has 104 valence electrons. The predicted octanol–water partition coefficient (Wildman–Crippen LogP) is 4.99. The molecule has 1 saturated heterocycles. The van der Waals surface area contributed by atoms with Gasteiger partial charge in [0.05, 0.1) is 12.9 Å². The third-order valence-corrected chi connectivity index (χ3v) is 4.90. The summed E-state index contributed by atoms with van der Waals surface area (Å²) in [4.78, 5) is 0. The number of hydrogen-bond acceptors (Lipinski definition) is 2. The van der Waals surface area contributed by atoms with Gasteiger partial charge in [-0.1, -0.05) is 30.3 Å². The molecule has 0 spiro atoms. The Kier molecular flexibility index (Phi) is 6.35. The van der Waals surface area contributed by atoms with Gasteiger partial charge in [-0.3, -0.25) is 0 Å². The van der Waals surface area contributed by atoms with E-state index in [0.29, 0.717) is 0 Å². The van der Waals surface area contributed by atoms with Gasteiger partial charge in [0, 0.05) is 0 Å². The van der Waals surface area contributed by atoms with Gasteiger partial charge in [0.1, 0.15) is 0 Å². The molecule has 1 aromatic carbocycles. The maximum atomic E-state index is 5.67. The Morgan fingerprint density at radius 1 is 1.37 bits per heavy atom. The van der Waals surface area contributed by atoms with Gasteiger partial charge in [-0.05, 0) is 61.2 Å². The minimum absolute atomic E-state index is 0.853. The zero-order chi connectivity index (χ0) is 13.3. The zero-order valence-electron chi connectivity index (χ0n) is 11.8. The van der Waals surface area contributed by atoms with E-state index in [4.69, 9.17) is 4.74 Å². The molecule has 1 heterocycles. The second-order valence-electron chi connectivity index (χ2n) is 5.26. The summed E-state index contributed by atoms with van der Waals surface area (Å²) in [5.74, 6) is 3.66. The van der Waals surface area contributed by atoms with Crippen LogP contribution in [-0.4, -0.2) is 18.1 Å². The number of thioether (sulfide) groups is 1. The van der Waals surface area contributed by atoms with Gasteiger partial charge in [-0.2, -0.15) is 11.8 Å². The van der Waals surface area contributed by atoms with Crippen molar-refractivity contribution in [1.29, 1.82) is 0 Å². The SMILES string of the molecule is C/C(=C/OCCCC1CCCSC1)c1ccccc1.